The number of carbonyl (C=O) groups is 1. The Bertz CT molecular complexity index is 839. The van der Waals surface area contributed by atoms with Crippen molar-refractivity contribution in [3.8, 4) is 10.7 Å². The van der Waals surface area contributed by atoms with Crippen molar-refractivity contribution in [3.05, 3.63) is 39.4 Å². The zero-order valence-electron chi connectivity index (χ0n) is 17.0. The Balaban J connectivity index is 2.13. The van der Waals surface area contributed by atoms with Crippen molar-refractivity contribution in [1.29, 1.82) is 0 Å². The molecule has 0 aliphatic carbocycles. The van der Waals surface area contributed by atoms with Gasteiger partial charge in [0.15, 0.2) is 0 Å². The Hall–Kier alpha value is -2.03. The third kappa shape index (κ3) is 5.73. The quantitative estimate of drug-likeness (QED) is 0.250. The summed E-state index contributed by atoms with van der Waals surface area (Å²) in [4.78, 5) is 20.8. The van der Waals surface area contributed by atoms with Crippen LogP contribution in [0.5, 0.6) is 0 Å². The molecule has 0 aliphatic rings. The van der Waals surface area contributed by atoms with Crippen molar-refractivity contribution in [1.82, 2.24) is 9.97 Å². The van der Waals surface area contributed by atoms with Crippen LogP contribution in [0.15, 0.2) is 28.7 Å². The molecule has 152 valence electrons. The molecular formula is C20H26N2O4S2. The fourth-order valence-corrected chi connectivity index (χ4v) is 4.13. The van der Waals surface area contributed by atoms with Gasteiger partial charge in [0.1, 0.15) is 16.5 Å². The second kappa shape index (κ2) is 10.5. The second-order valence-electron chi connectivity index (χ2n) is 6.43. The van der Waals surface area contributed by atoms with Crippen molar-refractivity contribution in [2.24, 2.45) is 5.92 Å². The number of thiazole rings is 2. The highest BCUT2D eigenvalue weighted by Crippen LogP contribution is 2.29. The van der Waals surface area contributed by atoms with Gasteiger partial charge in [-0.1, -0.05) is 26.8 Å². The number of ether oxygens (including phenoxy) is 3. The fourth-order valence-electron chi connectivity index (χ4n) is 2.49. The van der Waals surface area contributed by atoms with E-state index in [0.717, 1.165) is 21.4 Å². The normalized spacial score (nSPS) is 14.5. The van der Waals surface area contributed by atoms with E-state index in [0.29, 0.717) is 11.7 Å². The zero-order valence-corrected chi connectivity index (χ0v) is 18.6. The maximum atomic E-state index is 11.5. The molecule has 0 radical (unpaired) electrons. The summed E-state index contributed by atoms with van der Waals surface area (Å²) in [5, 5.41) is 6.04. The van der Waals surface area contributed by atoms with Crippen LogP contribution in [0.2, 0.25) is 0 Å². The van der Waals surface area contributed by atoms with Crippen LogP contribution in [0.3, 0.4) is 0 Å². The number of nitrogens with zero attached hydrogens (tertiary/aromatic N) is 2. The Labute approximate surface area is 173 Å². The van der Waals surface area contributed by atoms with Crippen LogP contribution in [0.4, 0.5) is 0 Å². The first-order valence-electron chi connectivity index (χ1n) is 8.85. The molecule has 2 heterocycles. The first kappa shape index (κ1) is 22.3. The lowest BCUT2D eigenvalue weighted by molar-refractivity contribution is -0.135. The van der Waals surface area contributed by atoms with Gasteiger partial charge in [-0.15, -0.1) is 22.7 Å². The summed E-state index contributed by atoms with van der Waals surface area (Å²) in [6.45, 7) is 6.19. The molecule has 2 unspecified atom stereocenters. The molecule has 0 bridgehead atoms. The highest BCUT2D eigenvalue weighted by Gasteiger charge is 2.20. The van der Waals surface area contributed by atoms with E-state index in [4.69, 9.17) is 9.47 Å². The van der Waals surface area contributed by atoms with Crippen molar-refractivity contribution in [3.63, 3.8) is 0 Å². The van der Waals surface area contributed by atoms with Gasteiger partial charge in [-0.25, -0.2) is 14.8 Å². The largest absolute Gasteiger partial charge is 0.500 e. The van der Waals surface area contributed by atoms with Gasteiger partial charge in [-0.3, -0.25) is 0 Å². The third-order valence-corrected chi connectivity index (χ3v) is 6.15. The summed E-state index contributed by atoms with van der Waals surface area (Å²) in [7, 11) is 4.47. The number of carbonyl (C=O) groups excluding carboxylic acids is 1. The van der Waals surface area contributed by atoms with Crippen LogP contribution in [-0.4, -0.2) is 43.4 Å². The molecule has 8 heteroatoms. The van der Waals surface area contributed by atoms with Crippen LogP contribution in [-0.2, 0) is 19.0 Å². The molecule has 0 aliphatic heterocycles. The molecule has 0 spiro atoms. The molecule has 2 aromatic heterocycles. The molecule has 0 N–H and O–H groups in total. The lowest BCUT2D eigenvalue weighted by Gasteiger charge is -2.21. The van der Waals surface area contributed by atoms with Gasteiger partial charge in [-0.2, -0.15) is 0 Å². The van der Waals surface area contributed by atoms with E-state index in [1.807, 2.05) is 29.8 Å². The van der Waals surface area contributed by atoms with Crippen LogP contribution < -0.4 is 0 Å². The predicted octanol–water partition coefficient (Wildman–Crippen LogP) is 4.76. The monoisotopic (exact) mass is 424 g/mol. The standard InChI is InChI=1S/C20H26N2O4S2/c1-12(2)19-22-15(11-28-19)20-21-14(10-27-20)7-8-16(24-4)13(3)17(25-5)9-18(23)26-6/h7-13,16H,1-6H3/b8-7+,17-9+/i7+1,20+1. The molecule has 2 atom stereocenters. The molecular weight excluding hydrogens is 398 g/mol. The number of hydrogen-bond acceptors (Lipinski definition) is 8. The molecule has 0 aromatic carbocycles. The van der Waals surface area contributed by atoms with Gasteiger partial charge in [-0.05, 0) is 6.08 Å². The second-order valence-corrected chi connectivity index (χ2v) is 8.17. The van der Waals surface area contributed by atoms with E-state index >= 15 is 0 Å². The van der Waals surface area contributed by atoms with Crippen LogP contribution >= 0.6 is 22.7 Å². The maximum Gasteiger partial charge on any atom is 0.333 e. The van der Waals surface area contributed by atoms with Gasteiger partial charge >= 0.3 is 5.97 Å². The molecule has 0 amide bonds. The van der Waals surface area contributed by atoms with Crippen molar-refractivity contribution < 1.29 is 19.0 Å². The lowest BCUT2D eigenvalue weighted by atomic mass is 10.0. The van der Waals surface area contributed by atoms with Gasteiger partial charge in [0.2, 0.25) is 0 Å². The van der Waals surface area contributed by atoms with Crippen LogP contribution in [0, 0.1) is 5.92 Å². The number of esters is 1. The SMILES string of the molecule is COC(=O)/C=C(/OC)C(C)C(/C=[13CH]/c1cs[13c](-c2csc(C(C)C)n2)n1)OC. The Morgan fingerprint density at radius 3 is 2.39 bits per heavy atom. The van der Waals surface area contributed by atoms with Crippen molar-refractivity contribution in [2.45, 2.75) is 32.8 Å². The number of aromatic nitrogens is 2. The Morgan fingerprint density at radius 2 is 1.82 bits per heavy atom. The number of rotatable bonds is 9. The summed E-state index contributed by atoms with van der Waals surface area (Å²) >= 11 is 3.22. The number of hydrogen-bond donors (Lipinski definition) is 0. The average Bonchev–Trinajstić information content (AvgIpc) is 3.35. The van der Waals surface area contributed by atoms with E-state index < -0.39 is 5.97 Å². The van der Waals surface area contributed by atoms with E-state index in [1.165, 1.54) is 20.3 Å². The average molecular weight is 425 g/mol. The van der Waals surface area contributed by atoms with Gasteiger partial charge in [0, 0.05) is 29.7 Å². The first-order valence-corrected chi connectivity index (χ1v) is 10.6. The van der Waals surface area contributed by atoms with Gasteiger partial charge in [0.05, 0.1) is 37.1 Å². The molecule has 0 fully saturated rings. The molecule has 0 saturated carbocycles. The number of methoxy groups -OCH3 is 3. The maximum absolute atomic E-state index is 11.5. The van der Waals surface area contributed by atoms with E-state index in [-0.39, 0.29) is 12.0 Å². The first-order chi connectivity index (χ1) is 13.4. The Morgan fingerprint density at radius 1 is 1.07 bits per heavy atom. The lowest BCUT2D eigenvalue weighted by Crippen LogP contribution is -2.21. The van der Waals surface area contributed by atoms with Crippen molar-refractivity contribution >= 4 is 34.7 Å². The molecule has 6 nitrogen and oxygen atoms in total. The van der Waals surface area contributed by atoms with Gasteiger partial charge in [0.25, 0.3) is 0 Å². The highest BCUT2D eigenvalue weighted by molar-refractivity contribution is 7.14. The van der Waals surface area contributed by atoms with Crippen molar-refractivity contribution in [2.75, 3.05) is 21.3 Å². The van der Waals surface area contributed by atoms with E-state index in [1.54, 1.807) is 29.8 Å². The topological polar surface area (TPSA) is 70.5 Å². The predicted molar refractivity (Wildman–Crippen MR) is 113 cm³/mol. The minimum atomic E-state index is -0.462. The third-order valence-electron chi connectivity index (χ3n) is 4.12. The summed E-state index contributed by atoms with van der Waals surface area (Å²) in [5.74, 6) is 0.271. The van der Waals surface area contributed by atoms with E-state index in [9.17, 15) is 4.79 Å². The molecule has 0 saturated heterocycles. The highest BCUT2D eigenvalue weighted by atomic mass is 32.1. The fraction of sp³-hybridized carbons (Fsp3) is 0.450. The van der Waals surface area contributed by atoms with Gasteiger partial charge < -0.3 is 14.2 Å². The van der Waals surface area contributed by atoms with E-state index in [2.05, 4.69) is 28.6 Å². The minimum Gasteiger partial charge on any atom is -0.500 e. The molecule has 28 heavy (non-hydrogen) atoms. The summed E-state index contributed by atoms with van der Waals surface area (Å²) in [5.41, 5.74) is 1.75. The zero-order chi connectivity index (χ0) is 20.7. The molecule has 2 aromatic rings. The molecule has 2 rings (SSSR count). The minimum absolute atomic E-state index is 0.171. The smallest absolute Gasteiger partial charge is 0.333 e. The summed E-state index contributed by atoms with van der Waals surface area (Å²) < 4.78 is 15.6. The summed E-state index contributed by atoms with van der Waals surface area (Å²) in [6.07, 6.45) is 4.87. The van der Waals surface area contributed by atoms with Crippen LogP contribution in [0.25, 0.3) is 16.8 Å². The Kier molecular flexibility index (Phi) is 8.35. The van der Waals surface area contributed by atoms with Crippen LogP contribution in [0.1, 0.15) is 37.4 Å². The summed E-state index contributed by atoms with van der Waals surface area (Å²) in [6, 6.07) is 0.